The maximum atomic E-state index is 13.9. The van der Waals surface area contributed by atoms with E-state index in [1.165, 1.54) is 12.3 Å². The molecule has 9 nitrogen and oxygen atoms in total. The molecule has 2 heterocycles. The molecular weight excluding hydrogens is 366 g/mol. The predicted molar refractivity (Wildman–Crippen MR) is 93.0 cm³/mol. The number of hydrogen-bond acceptors (Lipinski definition) is 7. The van der Waals surface area contributed by atoms with E-state index in [0.29, 0.717) is 32.3 Å². The average Bonchev–Trinajstić information content (AvgIpc) is 2.97. The number of hydrogen-bond donors (Lipinski definition) is 5. The number of rotatable bonds is 6. The number of nitrogens with zero attached hydrogens (tertiary/aromatic N) is 1. The Bertz CT molecular complexity index is 539. The summed E-state index contributed by atoms with van der Waals surface area (Å²) in [5, 5.41) is 23.9. The molecule has 0 aromatic heterocycles. The Morgan fingerprint density at radius 2 is 2.04 bits per heavy atom. The maximum Gasteiger partial charge on any atom is 0.296 e. The first-order valence-corrected chi connectivity index (χ1v) is 8.50. The Hall–Kier alpha value is -1.95. The number of aliphatic hydroxyl groups excluding tert-OH is 2. The topological polar surface area (TPSA) is 132 Å². The molecule has 0 radical (unpaired) electrons. The first-order valence-electron chi connectivity index (χ1n) is 8.50. The minimum absolute atomic E-state index is 0.138. The smallest absolute Gasteiger partial charge is 0.296 e. The molecule has 2 amide bonds. The third kappa shape index (κ3) is 7.29. The van der Waals surface area contributed by atoms with Crippen LogP contribution in [0.4, 0.5) is 8.78 Å². The number of amides is 2. The zero-order chi connectivity index (χ0) is 20.3. The van der Waals surface area contributed by atoms with Crippen molar-refractivity contribution in [2.45, 2.75) is 37.5 Å². The Kier molecular flexibility index (Phi) is 10.0. The van der Waals surface area contributed by atoms with E-state index in [1.807, 2.05) is 0 Å². The second kappa shape index (κ2) is 11.7. The lowest BCUT2D eigenvalue weighted by Crippen LogP contribution is -2.41. The van der Waals surface area contributed by atoms with E-state index < -0.39 is 31.3 Å². The quantitative estimate of drug-likeness (QED) is 0.226. The van der Waals surface area contributed by atoms with E-state index in [9.17, 15) is 18.4 Å². The van der Waals surface area contributed by atoms with Crippen molar-refractivity contribution in [2.75, 3.05) is 26.8 Å². The molecule has 27 heavy (non-hydrogen) atoms. The van der Waals surface area contributed by atoms with Crippen LogP contribution in [-0.4, -0.2) is 73.4 Å². The Morgan fingerprint density at radius 3 is 2.59 bits per heavy atom. The highest BCUT2D eigenvalue weighted by atomic mass is 19.3. The molecule has 2 aliphatic rings. The first-order chi connectivity index (χ1) is 13.0. The van der Waals surface area contributed by atoms with E-state index in [-0.39, 0.29) is 17.7 Å². The second-order valence-electron chi connectivity index (χ2n) is 5.90. The summed E-state index contributed by atoms with van der Waals surface area (Å²) in [7, 11) is 1.00. The van der Waals surface area contributed by atoms with Crippen LogP contribution in [0.1, 0.15) is 19.3 Å². The van der Waals surface area contributed by atoms with Crippen LogP contribution >= 0.6 is 0 Å². The van der Waals surface area contributed by atoms with Crippen LogP contribution in [0.5, 0.6) is 0 Å². The molecule has 2 unspecified atom stereocenters. The third-order valence-electron chi connectivity index (χ3n) is 4.01. The van der Waals surface area contributed by atoms with Gasteiger partial charge in [0.25, 0.3) is 5.92 Å². The number of nitrogens with one attached hydrogen (secondary N) is 3. The van der Waals surface area contributed by atoms with Crippen LogP contribution in [0.3, 0.4) is 0 Å². The molecule has 0 aromatic rings. The van der Waals surface area contributed by atoms with Crippen molar-refractivity contribution in [3.63, 3.8) is 0 Å². The monoisotopic (exact) mass is 392 g/mol. The summed E-state index contributed by atoms with van der Waals surface area (Å²) in [6, 6.07) is 0. The number of piperidine rings is 1. The number of halogens is 2. The number of carbonyl (C=O) groups excluding carboxylic acids is 2. The summed E-state index contributed by atoms with van der Waals surface area (Å²) < 4.78 is 32.9. The molecular formula is C16H26F2N4O5. The molecule has 0 aliphatic carbocycles. The van der Waals surface area contributed by atoms with Gasteiger partial charge in [0.05, 0.1) is 12.7 Å². The van der Waals surface area contributed by atoms with Crippen molar-refractivity contribution < 1.29 is 33.3 Å². The molecule has 2 saturated heterocycles. The largest absolute Gasteiger partial charge is 0.400 e. The van der Waals surface area contributed by atoms with Gasteiger partial charge in [0.2, 0.25) is 18.5 Å². The highest BCUT2D eigenvalue weighted by molar-refractivity contribution is 6.05. The van der Waals surface area contributed by atoms with Gasteiger partial charge in [-0.2, -0.15) is 0 Å². The molecule has 154 valence electrons. The SMILES string of the molecule is CO.O=CN/C=C\C(=N/C1OC(CO)CC1(F)F)NC(=O)C1CCNCC1. The van der Waals surface area contributed by atoms with Gasteiger partial charge in [-0.25, -0.2) is 13.8 Å². The molecule has 2 fully saturated rings. The molecule has 0 aromatic carbocycles. The lowest BCUT2D eigenvalue weighted by Gasteiger charge is -2.22. The van der Waals surface area contributed by atoms with E-state index in [1.54, 1.807) is 0 Å². The van der Waals surface area contributed by atoms with E-state index in [4.69, 9.17) is 14.9 Å². The fourth-order valence-corrected chi connectivity index (χ4v) is 2.69. The fraction of sp³-hybridized carbons (Fsp3) is 0.688. The first kappa shape index (κ1) is 23.1. The van der Waals surface area contributed by atoms with Crippen molar-refractivity contribution >= 4 is 18.2 Å². The number of aliphatic hydroxyl groups is 2. The van der Waals surface area contributed by atoms with Crippen molar-refractivity contribution in [2.24, 2.45) is 10.9 Å². The van der Waals surface area contributed by atoms with Gasteiger partial charge in [0, 0.05) is 25.6 Å². The summed E-state index contributed by atoms with van der Waals surface area (Å²) in [5.41, 5.74) is 0. The average molecular weight is 392 g/mol. The fourth-order valence-electron chi connectivity index (χ4n) is 2.69. The lowest BCUT2D eigenvalue weighted by atomic mass is 9.97. The van der Waals surface area contributed by atoms with Crippen LogP contribution in [-0.2, 0) is 14.3 Å². The Balaban J connectivity index is 0.00000176. The molecule has 2 atom stereocenters. The van der Waals surface area contributed by atoms with Gasteiger partial charge in [-0.1, -0.05) is 0 Å². The summed E-state index contributed by atoms with van der Waals surface area (Å²) >= 11 is 0. The van der Waals surface area contributed by atoms with Crippen LogP contribution in [0, 0.1) is 5.92 Å². The maximum absolute atomic E-state index is 13.9. The molecule has 2 aliphatic heterocycles. The lowest BCUT2D eigenvalue weighted by molar-refractivity contribution is -0.124. The van der Waals surface area contributed by atoms with Crippen LogP contribution in [0.25, 0.3) is 0 Å². The molecule has 0 bridgehead atoms. The third-order valence-corrected chi connectivity index (χ3v) is 4.01. The zero-order valence-corrected chi connectivity index (χ0v) is 15.0. The van der Waals surface area contributed by atoms with Crippen LogP contribution < -0.4 is 16.0 Å². The molecule has 0 saturated carbocycles. The molecule has 2 rings (SSSR count). The second-order valence-corrected chi connectivity index (χ2v) is 5.90. The number of amidine groups is 1. The number of alkyl halides is 2. The van der Waals surface area contributed by atoms with Gasteiger partial charge in [-0.3, -0.25) is 9.59 Å². The number of carbonyl (C=O) groups is 2. The van der Waals surface area contributed by atoms with E-state index >= 15 is 0 Å². The van der Waals surface area contributed by atoms with Crippen molar-refractivity contribution in [3.8, 4) is 0 Å². The number of ether oxygens (including phenoxy) is 1. The minimum Gasteiger partial charge on any atom is -0.400 e. The van der Waals surface area contributed by atoms with Crippen molar-refractivity contribution in [3.05, 3.63) is 12.3 Å². The van der Waals surface area contributed by atoms with E-state index in [2.05, 4.69) is 20.9 Å². The van der Waals surface area contributed by atoms with E-state index in [0.717, 1.165) is 7.11 Å². The van der Waals surface area contributed by atoms with Crippen LogP contribution in [0.2, 0.25) is 0 Å². The zero-order valence-electron chi connectivity index (χ0n) is 15.0. The van der Waals surface area contributed by atoms with Gasteiger partial charge in [0.15, 0.2) is 0 Å². The summed E-state index contributed by atoms with van der Waals surface area (Å²) in [6.45, 7) is 0.866. The van der Waals surface area contributed by atoms with Gasteiger partial charge >= 0.3 is 0 Å². The van der Waals surface area contributed by atoms with Gasteiger partial charge in [-0.05, 0) is 32.0 Å². The summed E-state index contributed by atoms with van der Waals surface area (Å²) in [4.78, 5) is 26.4. The molecule has 0 spiro atoms. The summed E-state index contributed by atoms with van der Waals surface area (Å²) in [6.07, 6.45) is 0.575. The van der Waals surface area contributed by atoms with Gasteiger partial charge in [-0.15, -0.1) is 0 Å². The normalized spacial score (nSPS) is 25.6. The van der Waals surface area contributed by atoms with Crippen LogP contribution in [0.15, 0.2) is 17.3 Å². The predicted octanol–water partition coefficient (Wildman–Crippen LogP) is -0.888. The summed E-state index contributed by atoms with van der Waals surface area (Å²) in [5.74, 6) is -3.96. The Morgan fingerprint density at radius 1 is 1.37 bits per heavy atom. The number of aliphatic imine (C=N–C) groups is 1. The van der Waals surface area contributed by atoms with Crippen molar-refractivity contribution in [1.82, 2.24) is 16.0 Å². The van der Waals surface area contributed by atoms with Crippen molar-refractivity contribution in [1.29, 1.82) is 0 Å². The van der Waals surface area contributed by atoms with Gasteiger partial charge in [0.1, 0.15) is 5.84 Å². The minimum atomic E-state index is -3.26. The highest BCUT2D eigenvalue weighted by Gasteiger charge is 2.50. The highest BCUT2D eigenvalue weighted by Crippen LogP contribution is 2.36. The van der Waals surface area contributed by atoms with Gasteiger partial charge < -0.3 is 30.9 Å². The molecule has 5 N–H and O–H groups in total. The Labute approximate surface area is 155 Å². The molecule has 11 heteroatoms. The standard InChI is InChI=1S/C15H22F2N4O4.CH4O/c16-15(17)7-11(8-22)25-14(15)21-12(3-6-19-9-23)20-13(24)10-1-4-18-5-2-10;1-2/h3,6,9-11,14,18,22H,1-2,4-5,7-8H2,(H,19,23)(H,20,21,24);2H,1H3/b6-3-;.